The fourth-order valence-electron chi connectivity index (χ4n) is 10.8. The topological polar surface area (TPSA) is 7.76 Å². The molecule has 1 aliphatic heterocycles. The van der Waals surface area contributed by atoms with Gasteiger partial charge in [-0.3, -0.25) is 0 Å². The zero-order valence-electron chi connectivity index (χ0n) is 38.2. The lowest BCUT2D eigenvalue weighted by Gasteiger charge is -2.48. The second-order valence-electron chi connectivity index (χ2n) is 18.2. The molecule has 0 fully saturated rings. The van der Waals surface area contributed by atoms with Gasteiger partial charge in [0.2, 0.25) is 11.4 Å². The van der Waals surface area contributed by atoms with Crippen LogP contribution in [0.5, 0.6) is 0 Å². The summed E-state index contributed by atoms with van der Waals surface area (Å²) < 4.78 is 4.93. The Morgan fingerprint density at radius 3 is 1.84 bits per heavy atom. The minimum atomic E-state index is -0.123. The molecular weight excluding hydrogens is 761 g/mol. The van der Waals surface area contributed by atoms with Crippen LogP contribution in [0.15, 0.2) is 182 Å². The third-order valence-corrected chi connectivity index (χ3v) is 14.6. The Hall–Kier alpha value is -6.38. The van der Waals surface area contributed by atoms with Gasteiger partial charge in [0.15, 0.2) is 17.9 Å². The first-order chi connectivity index (χ1) is 30.7. The van der Waals surface area contributed by atoms with Crippen LogP contribution in [0.25, 0.3) is 67.0 Å². The van der Waals surface area contributed by atoms with Crippen molar-refractivity contribution in [2.75, 3.05) is 0 Å². The Morgan fingerprint density at radius 1 is 0.476 bits per heavy atom. The lowest BCUT2D eigenvalue weighted by Crippen LogP contribution is -2.69. The van der Waals surface area contributed by atoms with Gasteiger partial charge in [-0.25, -0.2) is 4.57 Å². The molecule has 0 amide bonds. The largest absolute Gasteiger partial charge is 0.213 e. The molecule has 0 radical (unpaired) electrons. The van der Waals surface area contributed by atoms with Crippen LogP contribution in [0.2, 0.25) is 0 Å². The number of aryl methyl sites for hydroxylation is 4. The average Bonchev–Trinajstić information content (AvgIpc) is 3.34. The first-order valence-corrected chi connectivity index (χ1v) is 23.4. The molecule has 0 saturated carbocycles. The number of hydrogen-bond acceptors (Lipinski definition) is 0. The molecule has 2 unspecified atom stereocenters. The van der Waals surface area contributed by atoms with Gasteiger partial charge in [0.25, 0.3) is 0 Å². The van der Waals surface area contributed by atoms with Crippen molar-refractivity contribution in [2.45, 2.75) is 90.5 Å². The zero-order valence-corrected chi connectivity index (χ0v) is 38.2. The van der Waals surface area contributed by atoms with Gasteiger partial charge in [-0.15, -0.1) is 0 Å². The molecule has 0 aliphatic carbocycles. The van der Waals surface area contributed by atoms with Crippen molar-refractivity contribution in [3.8, 4) is 67.0 Å². The first kappa shape index (κ1) is 41.9. The molecule has 2 aromatic heterocycles. The van der Waals surface area contributed by atoms with E-state index >= 15 is 0 Å². The summed E-state index contributed by atoms with van der Waals surface area (Å²) in [4.78, 5) is 0. The lowest BCUT2D eigenvalue weighted by atomic mass is 9.58. The van der Waals surface area contributed by atoms with Crippen LogP contribution in [0.1, 0.15) is 82.1 Å². The molecule has 0 saturated heterocycles. The van der Waals surface area contributed by atoms with E-state index in [2.05, 4.69) is 233 Å². The predicted octanol–water partition coefficient (Wildman–Crippen LogP) is 14.9. The molecule has 63 heavy (non-hydrogen) atoms. The Balaban J connectivity index is 1.12. The minimum Gasteiger partial charge on any atom is -0.201 e. The highest BCUT2D eigenvalue weighted by Crippen LogP contribution is 2.52. The maximum absolute atomic E-state index is 2.69. The van der Waals surface area contributed by atoms with Crippen LogP contribution < -0.4 is 9.13 Å². The van der Waals surface area contributed by atoms with Crippen molar-refractivity contribution >= 4 is 0 Å². The fraction of sp³-hybridized carbons (Fsp3) is 0.246. The van der Waals surface area contributed by atoms with Gasteiger partial charge in [-0.2, -0.15) is 4.57 Å². The zero-order chi connectivity index (χ0) is 43.6. The van der Waals surface area contributed by atoms with E-state index in [1.54, 1.807) is 0 Å². The number of pyridine rings is 2. The standard InChI is InChI=1S/C61H62N2/c1-7-10-20-45-21-18-25-48(38-45)53-40-52(46-22-12-11-13-23-46)41-54(42-53)50-27-19-26-49(39-50)51-30-31-57-56(43-51)59-37-44(4)33-36-63(59)61(9-3,60(57,5)8-2)34-32-47-24-14-15-28-55(47)58-29-16-17-35-62(58)6/h11-19,21-31,33,35-43H,7-10,20,32,34H2,1-6H3/q+2. The number of rotatable bonds is 13. The highest BCUT2D eigenvalue weighted by Gasteiger charge is 2.59. The highest BCUT2D eigenvalue weighted by molar-refractivity contribution is 5.84. The van der Waals surface area contributed by atoms with Crippen molar-refractivity contribution in [3.05, 3.63) is 205 Å². The Morgan fingerprint density at radius 2 is 1.11 bits per heavy atom. The van der Waals surface area contributed by atoms with E-state index < -0.39 is 0 Å². The molecule has 0 bridgehead atoms. The lowest BCUT2D eigenvalue weighted by molar-refractivity contribution is -0.770. The molecule has 9 rings (SSSR count). The van der Waals surface area contributed by atoms with Crippen LogP contribution in [0.3, 0.4) is 0 Å². The smallest absolute Gasteiger partial charge is 0.201 e. The average molecular weight is 823 g/mol. The summed E-state index contributed by atoms with van der Waals surface area (Å²) >= 11 is 0. The summed E-state index contributed by atoms with van der Waals surface area (Å²) in [5.41, 5.74) is 20.5. The van der Waals surface area contributed by atoms with Crippen LogP contribution in [-0.4, -0.2) is 0 Å². The van der Waals surface area contributed by atoms with Crippen molar-refractivity contribution in [1.29, 1.82) is 0 Å². The third kappa shape index (κ3) is 7.86. The summed E-state index contributed by atoms with van der Waals surface area (Å²) in [7, 11) is 2.15. The number of hydrogen-bond donors (Lipinski definition) is 0. The van der Waals surface area contributed by atoms with Gasteiger partial charge in [0.05, 0.1) is 11.0 Å². The Bertz CT molecular complexity index is 2910. The van der Waals surface area contributed by atoms with Gasteiger partial charge >= 0.3 is 0 Å². The SMILES string of the molecule is CCCCc1cccc(-c2cc(-c3ccccc3)cc(-c3cccc(-c4ccc5c(c4)-c4cc(C)cc[n+]4C(CC)(CCc4ccccc4-c4cccc[n+]4C)C5(C)CC)c3)c2)c1. The third-order valence-electron chi connectivity index (χ3n) is 14.6. The maximum Gasteiger partial charge on any atom is 0.213 e. The van der Waals surface area contributed by atoms with Crippen molar-refractivity contribution < 1.29 is 9.13 Å². The molecule has 2 nitrogen and oxygen atoms in total. The Kier molecular flexibility index (Phi) is 11.8. The molecule has 2 heteroatoms. The minimum absolute atomic E-state index is 0.0983. The second kappa shape index (κ2) is 17.8. The number of unbranched alkanes of at least 4 members (excludes halogenated alkanes) is 1. The summed E-state index contributed by atoms with van der Waals surface area (Å²) in [6.07, 6.45) is 12.2. The molecule has 314 valence electrons. The molecule has 8 aromatic rings. The summed E-state index contributed by atoms with van der Waals surface area (Å²) in [6.45, 7) is 11.9. The first-order valence-electron chi connectivity index (χ1n) is 23.4. The fourth-order valence-corrected chi connectivity index (χ4v) is 10.8. The van der Waals surface area contributed by atoms with Gasteiger partial charge in [0, 0.05) is 42.7 Å². The highest BCUT2D eigenvalue weighted by atomic mass is 15.1. The second-order valence-corrected chi connectivity index (χ2v) is 18.2. The van der Waals surface area contributed by atoms with Crippen LogP contribution in [0.4, 0.5) is 0 Å². The monoisotopic (exact) mass is 822 g/mol. The van der Waals surface area contributed by atoms with Crippen LogP contribution in [0, 0.1) is 6.92 Å². The van der Waals surface area contributed by atoms with Gasteiger partial charge < -0.3 is 0 Å². The van der Waals surface area contributed by atoms with Crippen molar-refractivity contribution in [1.82, 2.24) is 0 Å². The predicted molar refractivity (Wildman–Crippen MR) is 264 cm³/mol. The molecule has 1 aliphatic rings. The summed E-state index contributed by atoms with van der Waals surface area (Å²) in [5, 5.41) is 0. The van der Waals surface area contributed by atoms with Crippen LogP contribution in [-0.2, 0) is 30.8 Å². The maximum atomic E-state index is 2.69. The van der Waals surface area contributed by atoms with E-state index in [4.69, 9.17) is 0 Å². The summed E-state index contributed by atoms with van der Waals surface area (Å²) in [6, 6.07) is 64.0. The van der Waals surface area contributed by atoms with Crippen molar-refractivity contribution in [2.24, 2.45) is 7.05 Å². The van der Waals surface area contributed by atoms with Crippen LogP contribution >= 0.6 is 0 Å². The molecule has 3 heterocycles. The quantitative estimate of drug-likeness (QED) is 0.102. The molecule has 2 atom stereocenters. The van der Waals surface area contributed by atoms with Crippen molar-refractivity contribution in [3.63, 3.8) is 0 Å². The number of benzene rings is 6. The van der Waals surface area contributed by atoms with E-state index in [0.29, 0.717) is 0 Å². The number of aromatic nitrogens is 2. The molecule has 0 N–H and O–H groups in total. The molecule has 0 spiro atoms. The van der Waals surface area contributed by atoms with Gasteiger partial charge in [-0.1, -0.05) is 130 Å². The van der Waals surface area contributed by atoms with E-state index in [-0.39, 0.29) is 11.0 Å². The number of nitrogens with zero attached hydrogens (tertiary/aromatic N) is 2. The Labute approximate surface area is 376 Å². The van der Waals surface area contributed by atoms with E-state index in [1.165, 1.54) is 102 Å². The molecular formula is C61H62N2+2. The van der Waals surface area contributed by atoms with E-state index in [9.17, 15) is 0 Å². The van der Waals surface area contributed by atoms with Gasteiger partial charge in [0.1, 0.15) is 7.05 Å². The van der Waals surface area contributed by atoms with E-state index in [0.717, 1.165) is 32.1 Å². The number of fused-ring (bicyclic) bond motifs is 3. The summed E-state index contributed by atoms with van der Waals surface area (Å²) in [5.74, 6) is 0. The van der Waals surface area contributed by atoms with E-state index in [1.807, 2.05) is 0 Å². The molecule has 6 aromatic carbocycles. The van der Waals surface area contributed by atoms with Gasteiger partial charge in [-0.05, 0) is 149 Å². The normalized spacial score (nSPS) is 16.7.